The SMILES string of the molecule is CCOc1cccc(NC2CCCS(=O)(=O)C2)c1[N+](=O)[O-]. The first-order valence-corrected chi connectivity index (χ1v) is 8.62. The van der Waals surface area contributed by atoms with Gasteiger partial charge in [0.05, 0.1) is 23.0 Å². The number of nitrogens with one attached hydrogen (secondary N) is 1. The molecule has 2 rings (SSSR count). The number of hydrogen-bond acceptors (Lipinski definition) is 6. The van der Waals surface area contributed by atoms with Crippen molar-refractivity contribution in [1.29, 1.82) is 0 Å². The van der Waals surface area contributed by atoms with Crippen LogP contribution in [0.1, 0.15) is 19.8 Å². The van der Waals surface area contributed by atoms with E-state index in [0.29, 0.717) is 25.1 Å². The smallest absolute Gasteiger partial charge is 0.333 e. The van der Waals surface area contributed by atoms with E-state index in [2.05, 4.69) is 5.32 Å². The molecule has 1 saturated heterocycles. The van der Waals surface area contributed by atoms with E-state index in [0.717, 1.165) is 0 Å². The molecule has 0 saturated carbocycles. The lowest BCUT2D eigenvalue weighted by Crippen LogP contribution is -2.35. The zero-order valence-electron chi connectivity index (χ0n) is 11.7. The van der Waals surface area contributed by atoms with Crippen molar-refractivity contribution in [1.82, 2.24) is 0 Å². The van der Waals surface area contributed by atoms with Crippen LogP contribution in [0.25, 0.3) is 0 Å². The molecule has 0 spiro atoms. The predicted molar refractivity (Wildman–Crippen MR) is 79.6 cm³/mol. The van der Waals surface area contributed by atoms with Crippen molar-refractivity contribution in [2.24, 2.45) is 0 Å². The average Bonchev–Trinajstić information content (AvgIpc) is 2.37. The zero-order valence-corrected chi connectivity index (χ0v) is 12.6. The van der Waals surface area contributed by atoms with E-state index in [1.54, 1.807) is 19.1 Å². The second-order valence-corrected chi connectivity index (χ2v) is 7.17. The number of para-hydroxylation sites is 1. The van der Waals surface area contributed by atoms with Crippen LogP contribution in [0.5, 0.6) is 5.75 Å². The van der Waals surface area contributed by atoms with Crippen LogP contribution in [-0.4, -0.2) is 37.5 Å². The molecule has 7 nitrogen and oxygen atoms in total. The number of nitrogens with zero attached hydrogens (tertiary/aromatic N) is 1. The fraction of sp³-hybridized carbons (Fsp3) is 0.538. The summed E-state index contributed by atoms with van der Waals surface area (Å²) < 4.78 is 28.6. The Balaban J connectivity index is 2.27. The van der Waals surface area contributed by atoms with Crippen molar-refractivity contribution in [2.45, 2.75) is 25.8 Å². The molecule has 1 aliphatic heterocycles. The molecule has 0 bridgehead atoms. The molecule has 116 valence electrons. The quantitative estimate of drug-likeness (QED) is 0.659. The Kier molecular flexibility index (Phi) is 4.66. The minimum absolute atomic E-state index is 0.00299. The molecule has 1 aliphatic rings. The van der Waals surface area contributed by atoms with Crippen LogP contribution in [0, 0.1) is 10.1 Å². The Hall–Kier alpha value is -1.83. The van der Waals surface area contributed by atoms with Gasteiger partial charge in [-0.05, 0) is 31.9 Å². The maximum absolute atomic E-state index is 11.6. The lowest BCUT2D eigenvalue weighted by molar-refractivity contribution is -0.385. The Morgan fingerprint density at radius 3 is 2.86 bits per heavy atom. The summed E-state index contributed by atoms with van der Waals surface area (Å²) in [6.07, 6.45) is 1.24. The number of rotatable bonds is 5. The topological polar surface area (TPSA) is 98.5 Å². The summed E-state index contributed by atoms with van der Waals surface area (Å²) in [5.74, 6) is 0.376. The van der Waals surface area contributed by atoms with Crippen LogP contribution in [0.3, 0.4) is 0 Å². The first-order valence-electron chi connectivity index (χ1n) is 6.80. The molecule has 1 unspecified atom stereocenters. The summed E-state index contributed by atoms with van der Waals surface area (Å²) in [5, 5.41) is 14.2. The van der Waals surface area contributed by atoms with Gasteiger partial charge in [-0.25, -0.2) is 8.42 Å². The number of sulfone groups is 1. The van der Waals surface area contributed by atoms with E-state index in [4.69, 9.17) is 4.74 Å². The standard InChI is InChI=1S/C13H18N2O5S/c1-2-20-12-7-3-6-11(13(12)15(16)17)14-10-5-4-8-21(18,19)9-10/h3,6-7,10,14H,2,4-5,8-9H2,1H3. The maximum Gasteiger partial charge on any atom is 0.333 e. The molecule has 1 heterocycles. The first-order chi connectivity index (χ1) is 9.93. The highest BCUT2D eigenvalue weighted by molar-refractivity contribution is 7.91. The number of anilines is 1. The van der Waals surface area contributed by atoms with E-state index in [1.807, 2.05) is 0 Å². The van der Waals surface area contributed by atoms with Crippen molar-refractivity contribution in [3.63, 3.8) is 0 Å². The molecule has 1 atom stereocenters. The predicted octanol–water partition coefficient (Wildman–Crippen LogP) is 1.98. The second kappa shape index (κ2) is 6.30. The second-order valence-electron chi connectivity index (χ2n) is 4.94. The summed E-state index contributed by atoms with van der Waals surface area (Å²) in [4.78, 5) is 10.7. The van der Waals surface area contributed by atoms with E-state index >= 15 is 0 Å². The lowest BCUT2D eigenvalue weighted by atomic mass is 10.1. The average molecular weight is 314 g/mol. The lowest BCUT2D eigenvalue weighted by Gasteiger charge is -2.24. The highest BCUT2D eigenvalue weighted by atomic mass is 32.2. The fourth-order valence-corrected chi connectivity index (χ4v) is 4.09. The highest BCUT2D eigenvalue weighted by Gasteiger charge is 2.28. The Morgan fingerprint density at radius 1 is 1.48 bits per heavy atom. The molecular formula is C13H18N2O5S. The Morgan fingerprint density at radius 2 is 2.24 bits per heavy atom. The summed E-state index contributed by atoms with van der Waals surface area (Å²) in [5.41, 5.74) is 0.148. The monoisotopic (exact) mass is 314 g/mol. The van der Waals surface area contributed by atoms with Gasteiger partial charge >= 0.3 is 5.69 Å². The van der Waals surface area contributed by atoms with Crippen molar-refractivity contribution >= 4 is 21.2 Å². The van der Waals surface area contributed by atoms with E-state index in [1.165, 1.54) is 6.07 Å². The molecule has 1 fully saturated rings. The molecule has 8 heteroatoms. The third kappa shape index (κ3) is 3.84. The molecule has 0 radical (unpaired) electrons. The van der Waals surface area contributed by atoms with Crippen molar-refractivity contribution < 1.29 is 18.1 Å². The number of nitro groups is 1. The van der Waals surface area contributed by atoms with Gasteiger partial charge in [-0.2, -0.15) is 0 Å². The van der Waals surface area contributed by atoms with Gasteiger partial charge in [0.2, 0.25) is 0 Å². The van der Waals surface area contributed by atoms with Gasteiger partial charge in [0, 0.05) is 6.04 Å². The van der Waals surface area contributed by atoms with Gasteiger partial charge in [-0.1, -0.05) is 6.07 Å². The minimum Gasteiger partial charge on any atom is -0.487 e. The largest absolute Gasteiger partial charge is 0.487 e. The zero-order chi connectivity index (χ0) is 15.5. The van der Waals surface area contributed by atoms with E-state index < -0.39 is 14.8 Å². The summed E-state index contributed by atoms with van der Waals surface area (Å²) in [7, 11) is -3.07. The normalized spacial score (nSPS) is 20.7. The minimum atomic E-state index is -3.07. The molecule has 1 aromatic rings. The van der Waals surface area contributed by atoms with Crippen LogP contribution < -0.4 is 10.1 Å². The third-order valence-electron chi connectivity index (χ3n) is 3.30. The molecule has 0 amide bonds. The van der Waals surface area contributed by atoms with Crippen molar-refractivity contribution in [3.8, 4) is 5.75 Å². The van der Waals surface area contributed by atoms with Crippen LogP contribution >= 0.6 is 0 Å². The van der Waals surface area contributed by atoms with Crippen LogP contribution in [0.15, 0.2) is 18.2 Å². The number of hydrogen-bond donors (Lipinski definition) is 1. The third-order valence-corrected chi connectivity index (χ3v) is 5.13. The molecule has 1 N–H and O–H groups in total. The maximum atomic E-state index is 11.6. The fourth-order valence-electron chi connectivity index (χ4n) is 2.46. The van der Waals surface area contributed by atoms with E-state index in [9.17, 15) is 18.5 Å². The molecule has 1 aromatic carbocycles. The van der Waals surface area contributed by atoms with Crippen molar-refractivity contribution in [3.05, 3.63) is 28.3 Å². The van der Waals surface area contributed by atoms with Crippen LogP contribution in [-0.2, 0) is 9.84 Å². The highest BCUT2D eigenvalue weighted by Crippen LogP contribution is 2.35. The summed E-state index contributed by atoms with van der Waals surface area (Å²) in [6.45, 7) is 2.07. The van der Waals surface area contributed by atoms with E-state index in [-0.39, 0.29) is 29.0 Å². The van der Waals surface area contributed by atoms with Gasteiger partial charge in [0.15, 0.2) is 15.6 Å². The van der Waals surface area contributed by atoms with Gasteiger partial charge < -0.3 is 10.1 Å². The molecule has 0 aromatic heterocycles. The number of nitro benzene ring substituents is 1. The van der Waals surface area contributed by atoms with Gasteiger partial charge in [-0.3, -0.25) is 10.1 Å². The van der Waals surface area contributed by atoms with Gasteiger partial charge in [0.25, 0.3) is 0 Å². The van der Waals surface area contributed by atoms with Crippen LogP contribution in [0.2, 0.25) is 0 Å². The van der Waals surface area contributed by atoms with Gasteiger partial charge in [0.1, 0.15) is 5.69 Å². The van der Waals surface area contributed by atoms with Gasteiger partial charge in [-0.15, -0.1) is 0 Å². The molecule has 0 aliphatic carbocycles. The summed E-state index contributed by atoms with van der Waals surface area (Å²) >= 11 is 0. The van der Waals surface area contributed by atoms with Crippen molar-refractivity contribution in [2.75, 3.05) is 23.4 Å². The number of benzene rings is 1. The first kappa shape index (κ1) is 15.6. The Bertz CT molecular complexity index is 629. The van der Waals surface area contributed by atoms with Crippen LogP contribution in [0.4, 0.5) is 11.4 Å². The molecular weight excluding hydrogens is 296 g/mol. The Labute approximate surface area is 123 Å². The molecule has 21 heavy (non-hydrogen) atoms. The summed E-state index contributed by atoms with van der Waals surface area (Å²) in [6, 6.07) is 4.45. The number of ether oxygens (including phenoxy) is 1.